The summed E-state index contributed by atoms with van der Waals surface area (Å²) in [4.78, 5) is 27.9. The fourth-order valence-electron chi connectivity index (χ4n) is 4.18. The zero-order valence-corrected chi connectivity index (χ0v) is 23.4. The van der Waals surface area contributed by atoms with Crippen LogP contribution < -0.4 is 9.62 Å². The number of amides is 2. The minimum Gasteiger partial charge on any atom is -0.354 e. The number of anilines is 1. The number of aryl methyl sites for hydroxylation is 2. The number of carbonyl (C=O) groups is 2. The van der Waals surface area contributed by atoms with Crippen LogP contribution in [-0.2, 0) is 26.2 Å². The van der Waals surface area contributed by atoms with Crippen LogP contribution in [0.5, 0.6) is 0 Å². The quantitative estimate of drug-likeness (QED) is 0.356. The summed E-state index contributed by atoms with van der Waals surface area (Å²) in [6.07, 6.45) is 3.71. The number of nitrogens with zero attached hydrogens (tertiary/aromatic N) is 2. The Balaban J connectivity index is 2.22. The van der Waals surface area contributed by atoms with Crippen molar-refractivity contribution in [2.45, 2.75) is 72.4 Å². The number of halogens is 1. The van der Waals surface area contributed by atoms with E-state index in [1.807, 2.05) is 45.9 Å². The smallest absolute Gasteiger partial charge is 0.242 e. The van der Waals surface area contributed by atoms with Gasteiger partial charge >= 0.3 is 0 Å². The van der Waals surface area contributed by atoms with Gasteiger partial charge < -0.3 is 10.2 Å². The normalized spacial score (nSPS) is 12.2. The van der Waals surface area contributed by atoms with E-state index < -0.39 is 16.1 Å². The molecule has 1 atom stereocenters. The Morgan fingerprint density at radius 1 is 1.03 bits per heavy atom. The largest absolute Gasteiger partial charge is 0.354 e. The molecule has 2 aromatic rings. The van der Waals surface area contributed by atoms with Gasteiger partial charge in [-0.05, 0) is 68.0 Å². The van der Waals surface area contributed by atoms with Crippen molar-refractivity contribution in [3.05, 3.63) is 65.0 Å². The zero-order chi connectivity index (χ0) is 27.6. The van der Waals surface area contributed by atoms with Crippen molar-refractivity contribution in [2.24, 2.45) is 0 Å². The van der Waals surface area contributed by atoms with Gasteiger partial charge in [-0.2, -0.15) is 0 Å². The summed E-state index contributed by atoms with van der Waals surface area (Å²) in [6, 6.07) is 10.8. The fraction of sp³-hybridized carbons (Fsp3) is 0.500. The van der Waals surface area contributed by atoms with Gasteiger partial charge in [-0.25, -0.2) is 12.8 Å². The summed E-state index contributed by atoms with van der Waals surface area (Å²) in [7, 11) is -3.57. The second-order valence-corrected chi connectivity index (χ2v) is 11.4. The Morgan fingerprint density at radius 3 is 2.30 bits per heavy atom. The topological polar surface area (TPSA) is 86.8 Å². The lowest BCUT2D eigenvalue weighted by Crippen LogP contribution is -2.49. The molecule has 0 bridgehead atoms. The van der Waals surface area contributed by atoms with Crippen LogP contribution in [0.4, 0.5) is 10.1 Å². The number of sulfonamides is 1. The molecule has 7 nitrogen and oxygen atoms in total. The molecular weight excluding hydrogens is 493 g/mol. The maximum atomic E-state index is 13.4. The zero-order valence-electron chi connectivity index (χ0n) is 22.6. The van der Waals surface area contributed by atoms with Gasteiger partial charge in [0.2, 0.25) is 21.8 Å². The third-order valence-corrected chi connectivity index (χ3v) is 7.45. The first-order valence-electron chi connectivity index (χ1n) is 12.8. The number of nitrogens with one attached hydrogen (secondary N) is 1. The summed E-state index contributed by atoms with van der Waals surface area (Å²) < 4.78 is 40.0. The van der Waals surface area contributed by atoms with Crippen LogP contribution in [0.2, 0.25) is 0 Å². The summed E-state index contributed by atoms with van der Waals surface area (Å²) >= 11 is 0. The highest BCUT2D eigenvalue weighted by molar-refractivity contribution is 7.92. The van der Waals surface area contributed by atoms with Crippen LogP contribution in [-0.4, -0.2) is 50.5 Å². The molecule has 2 rings (SSSR count). The molecule has 1 N–H and O–H groups in total. The predicted molar refractivity (Wildman–Crippen MR) is 146 cm³/mol. The van der Waals surface area contributed by atoms with E-state index in [0.29, 0.717) is 24.2 Å². The van der Waals surface area contributed by atoms with Gasteiger partial charge in [-0.1, -0.05) is 44.5 Å². The summed E-state index contributed by atoms with van der Waals surface area (Å²) in [5, 5.41) is 2.91. The van der Waals surface area contributed by atoms with Crippen LogP contribution >= 0.6 is 0 Å². The van der Waals surface area contributed by atoms with Gasteiger partial charge in [-0.3, -0.25) is 13.9 Å². The molecule has 0 heterocycles. The molecule has 9 heteroatoms. The van der Waals surface area contributed by atoms with Crippen molar-refractivity contribution in [1.29, 1.82) is 0 Å². The second-order valence-electron chi connectivity index (χ2n) is 9.45. The van der Waals surface area contributed by atoms with Gasteiger partial charge in [0, 0.05) is 26.1 Å². The molecule has 0 aliphatic heterocycles. The Hall–Kier alpha value is -2.94. The van der Waals surface area contributed by atoms with Gasteiger partial charge in [0.25, 0.3) is 0 Å². The molecule has 0 aromatic heterocycles. The summed E-state index contributed by atoms with van der Waals surface area (Å²) in [5.41, 5.74) is 3.08. The van der Waals surface area contributed by atoms with E-state index in [4.69, 9.17) is 0 Å². The molecule has 0 saturated heterocycles. The van der Waals surface area contributed by atoms with Crippen molar-refractivity contribution >= 4 is 27.5 Å². The van der Waals surface area contributed by atoms with Crippen molar-refractivity contribution in [3.8, 4) is 0 Å². The first-order chi connectivity index (χ1) is 17.5. The van der Waals surface area contributed by atoms with Crippen LogP contribution in [0.25, 0.3) is 0 Å². The third-order valence-electron chi connectivity index (χ3n) is 6.27. The van der Waals surface area contributed by atoms with Crippen molar-refractivity contribution < 1.29 is 22.4 Å². The van der Waals surface area contributed by atoms with Gasteiger partial charge in [-0.15, -0.1) is 0 Å². The fourth-order valence-corrected chi connectivity index (χ4v) is 5.20. The SMILES string of the molecule is CCCCNC(=O)[C@H](CC)N(Cc1ccc(F)cc1)C(=O)CCCN(c1cc(C)ccc1C)S(C)(=O)=O. The minimum absolute atomic E-state index is 0.0663. The highest BCUT2D eigenvalue weighted by Crippen LogP contribution is 2.25. The van der Waals surface area contributed by atoms with Crippen molar-refractivity contribution in [2.75, 3.05) is 23.7 Å². The number of hydrogen-bond donors (Lipinski definition) is 1. The number of rotatable bonds is 14. The first-order valence-corrected chi connectivity index (χ1v) is 14.7. The number of carbonyl (C=O) groups excluding carboxylic acids is 2. The standard InChI is InChI=1S/C28H40FN3O4S/c1-6-8-17-30-28(34)25(7-2)31(20-23-13-15-24(29)16-14-23)27(33)10-9-18-32(37(5,35)36)26-19-21(3)11-12-22(26)4/h11-16,19,25H,6-10,17-18,20H2,1-5H3,(H,30,34)/t25-/m0/s1. The van der Waals surface area contributed by atoms with Crippen LogP contribution in [0, 0.1) is 19.7 Å². The van der Waals surface area contributed by atoms with Crippen molar-refractivity contribution in [1.82, 2.24) is 10.2 Å². The molecule has 0 radical (unpaired) electrons. The molecule has 0 aliphatic rings. The van der Waals surface area contributed by atoms with E-state index in [0.717, 1.165) is 30.2 Å². The van der Waals surface area contributed by atoms with Gasteiger partial charge in [0.15, 0.2) is 0 Å². The Morgan fingerprint density at radius 2 is 1.70 bits per heavy atom. The first kappa shape index (κ1) is 30.3. The highest BCUT2D eigenvalue weighted by atomic mass is 32.2. The predicted octanol–water partition coefficient (Wildman–Crippen LogP) is 4.71. The Bertz CT molecular complexity index is 1150. The van der Waals surface area contributed by atoms with E-state index >= 15 is 0 Å². The average Bonchev–Trinajstić information content (AvgIpc) is 2.84. The molecule has 0 fully saturated rings. The van der Waals surface area contributed by atoms with Crippen LogP contribution in [0.3, 0.4) is 0 Å². The molecule has 2 aromatic carbocycles. The second kappa shape index (κ2) is 14.1. The molecule has 0 spiro atoms. The van der Waals surface area contributed by atoms with Crippen molar-refractivity contribution in [3.63, 3.8) is 0 Å². The van der Waals surface area contributed by atoms with Gasteiger partial charge in [0.05, 0.1) is 11.9 Å². The summed E-state index contributed by atoms with van der Waals surface area (Å²) in [6.45, 7) is 8.46. The molecule has 204 valence electrons. The van der Waals surface area contributed by atoms with E-state index in [1.54, 1.807) is 12.1 Å². The average molecular weight is 534 g/mol. The lowest BCUT2D eigenvalue weighted by atomic mass is 10.1. The molecule has 0 saturated carbocycles. The Labute approximate surface area is 221 Å². The molecular formula is C28H40FN3O4S. The molecule has 0 aliphatic carbocycles. The minimum atomic E-state index is -3.57. The summed E-state index contributed by atoms with van der Waals surface area (Å²) in [5.74, 6) is -0.853. The van der Waals surface area contributed by atoms with E-state index in [-0.39, 0.29) is 43.6 Å². The monoisotopic (exact) mass is 533 g/mol. The van der Waals surface area contributed by atoms with Crippen LogP contribution in [0.1, 0.15) is 62.6 Å². The van der Waals surface area contributed by atoms with E-state index in [9.17, 15) is 22.4 Å². The lowest BCUT2D eigenvalue weighted by Gasteiger charge is -2.31. The number of benzene rings is 2. The highest BCUT2D eigenvalue weighted by Gasteiger charge is 2.29. The third kappa shape index (κ3) is 9.14. The molecule has 2 amide bonds. The molecule has 0 unspecified atom stereocenters. The van der Waals surface area contributed by atoms with Crippen LogP contribution in [0.15, 0.2) is 42.5 Å². The maximum absolute atomic E-state index is 13.4. The Kier molecular flexibility index (Phi) is 11.6. The lowest BCUT2D eigenvalue weighted by molar-refractivity contribution is -0.141. The van der Waals surface area contributed by atoms with Gasteiger partial charge in [0.1, 0.15) is 11.9 Å². The van der Waals surface area contributed by atoms with E-state index in [1.165, 1.54) is 21.3 Å². The molecule has 37 heavy (non-hydrogen) atoms. The maximum Gasteiger partial charge on any atom is 0.242 e. The number of unbranched alkanes of at least 4 members (excludes halogenated alkanes) is 1. The van der Waals surface area contributed by atoms with E-state index in [2.05, 4.69) is 5.32 Å². The number of hydrogen-bond acceptors (Lipinski definition) is 4.